The lowest BCUT2D eigenvalue weighted by atomic mass is 10.0. The number of nitrogens with zero attached hydrogens (tertiary/aromatic N) is 1. The molecule has 0 aliphatic carbocycles. The van der Waals surface area contributed by atoms with Crippen LogP contribution in [0.4, 0.5) is 0 Å². The van der Waals surface area contributed by atoms with Crippen molar-refractivity contribution in [1.82, 2.24) is 0 Å². The van der Waals surface area contributed by atoms with Crippen molar-refractivity contribution in [2.45, 2.75) is 38.5 Å². The molecule has 4 nitrogen and oxygen atoms in total. The number of nitriles is 1. The smallest absolute Gasteiger partial charge is 0.338 e. The molecule has 0 atom stereocenters. The lowest BCUT2D eigenvalue weighted by Crippen LogP contribution is -2.06. The highest BCUT2D eigenvalue weighted by Gasteiger charge is 2.05. The molecule has 3 rings (SSSR count). The largest absolute Gasteiger partial charge is 0.494 e. The van der Waals surface area contributed by atoms with E-state index < -0.39 is 0 Å². The third-order valence-corrected chi connectivity index (χ3v) is 5.11. The second kappa shape index (κ2) is 13.0. The molecule has 0 aliphatic rings. The SMILES string of the molecule is N#Cc1ccc(-c2ccc(OCCCCCCCCOC(=O)c3[c]cc[c]c3)cc2)cc1. The maximum Gasteiger partial charge on any atom is 0.338 e. The Balaban J connectivity index is 1.21. The first-order valence-corrected chi connectivity index (χ1v) is 11.0. The molecule has 0 spiro atoms. The Morgan fingerprint density at radius 1 is 0.812 bits per heavy atom. The zero-order valence-corrected chi connectivity index (χ0v) is 18.2. The standard InChI is InChI=1S/C28H27NO3/c29-22-23-12-14-24(15-13-23)25-16-18-27(19-17-25)31-20-8-3-1-2-4-9-21-32-28(30)26-10-6-5-7-11-26/h5-6,11-19H,1-4,8-9,20-21H2. The summed E-state index contributed by atoms with van der Waals surface area (Å²) < 4.78 is 11.1. The van der Waals surface area contributed by atoms with Crippen LogP contribution < -0.4 is 4.74 Å². The van der Waals surface area contributed by atoms with Crippen molar-refractivity contribution in [3.63, 3.8) is 0 Å². The van der Waals surface area contributed by atoms with Gasteiger partial charge in [0.15, 0.2) is 0 Å². The Hall–Kier alpha value is -3.58. The minimum absolute atomic E-state index is 0.330. The first-order valence-electron chi connectivity index (χ1n) is 11.0. The fourth-order valence-electron chi connectivity index (χ4n) is 3.30. The second-order valence-electron chi connectivity index (χ2n) is 7.52. The quantitative estimate of drug-likeness (QED) is 0.249. The van der Waals surface area contributed by atoms with Gasteiger partial charge in [0.25, 0.3) is 0 Å². The lowest BCUT2D eigenvalue weighted by molar-refractivity contribution is 0.0497. The Labute approximate surface area is 190 Å². The number of carbonyl (C=O) groups excluding carboxylic acids is 1. The Bertz CT molecular complexity index is 990. The molecule has 162 valence electrons. The normalized spacial score (nSPS) is 10.3. The van der Waals surface area contributed by atoms with Crippen molar-refractivity contribution in [1.29, 1.82) is 5.26 Å². The summed E-state index contributed by atoms with van der Waals surface area (Å²) in [6.07, 6.45) is 6.35. The van der Waals surface area contributed by atoms with Gasteiger partial charge in [-0.15, -0.1) is 0 Å². The highest BCUT2D eigenvalue weighted by molar-refractivity contribution is 5.88. The van der Waals surface area contributed by atoms with E-state index in [-0.39, 0.29) is 5.97 Å². The zero-order chi connectivity index (χ0) is 22.4. The highest BCUT2D eigenvalue weighted by atomic mass is 16.5. The van der Waals surface area contributed by atoms with Gasteiger partial charge in [0.2, 0.25) is 0 Å². The Morgan fingerprint density at radius 2 is 1.44 bits per heavy atom. The highest BCUT2D eigenvalue weighted by Crippen LogP contribution is 2.23. The van der Waals surface area contributed by atoms with Crippen LogP contribution in [0, 0.1) is 23.5 Å². The fourth-order valence-corrected chi connectivity index (χ4v) is 3.30. The van der Waals surface area contributed by atoms with E-state index in [1.165, 1.54) is 0 Å². The molecule has 2 radical (unpaired) electrons. The van der Waals surface area contributed by atoms with Crippen molar-refractivity contribution in [2.75, 3.05) is 13.2 Å². The molecule has 0 aliphatic heterocycles. The predicted molar refractivity (Wildman–Crippen MR) is 124 cm³/mol. The first kappa shape index (κ1) is 23.1. The number of rotatable bonds is 12. The zero-order valence-electron chi connectivity index (χ0n) is 18.2. The molecule has 0 aromatic heterocycles. The minimum Gasteiger partial charge on any atom is -0.494 e. The maximum atomic E-state index is 11.8. The average Bonchev–Trinajstić information content (AvgIpc) is 2.86. The van der Waals surface area contributed by atoms with Gasteiger partial charge < -0.3 is 9.47 Å². The molecule has 0 saturated heterocycles. The van der Waals surface area contributed by atoms with Crippen LogP contribution in [-0.4, -0.2) is 19.2 Å². The molecule has 0 bridgehead atoms. The van der Waals surface area contributed by atoms with E-state index in [1.54, 1.807) is 18.2 Å². The van der Waals surface area contributed by atoms with Crippen LogP contribution in [-0.2, 0) is 4.74 Å². The summed E-state index contributed by atoms with van der Waals surface area (Å²) in [5, 5.41) is 8.89. The van der Waals surface area contributed by atoms with Crippen molar-refractivity contribution >= 4 is 5.97 Å². The third-order valence-electron chi connectivity index (χ3n) is 5.11. The Morgan fingerprint density at radius 3 is 2.06 bits per heavy atom. The summed E-state index contributed by atoms with van der Waals surface area (Å²) in [5.74, 6) is 0.543. The van der Waals surface area contributed by atoms with E-state index in [9.17, 15) is 4.79 Å². The monoisotopic (exact) mass is 425 g/mol. The van der Waals surface area contributed by atoms with Gasteiger partial charge in [0.1, 0.15) is 5.75 Å². The number of esters is 1. The summed E-state index contributed by atoms with van der Waals surface area (Å²) in [7, 11) is 0. The molecule has 0 unspecified atom stereocenters. The molecule has 4 heteroatoms. The molecule has 3 aromatic rings. The molecule has 0 N–H and O–H groups in total. The Kier molecular flexibility index (Phi) is 9.36. The van der Waals surface area contributed by atoms with Crippen LogP contribution >= 0.6 is 0 Å². The number of ether oxygens (including phenoxy) is 2. The van der Waals surface area contributed by atoms with Gasteiger partial charge in [-0.2, -0.15) is 5.26 Å². The van der Waals surface area contributed by atoms with Crippen LogP contribution in [0.5, 0.6) is 5.75 Å². The number of unbranched alkanes of at least 4 members (excludes halogenated alkanes) is 5. The van der Waals surface area contributed by atoms with Crippen LogP contribution in [0.15, 0.2) is 66.7 Å². The van der Waals surface area contributed by atoms with Gasteiger partial charge in [-0.3, -0.25) is 0 Å². The van der Waals surface area contributed by atoms with E-state index in [0.29, 0.717) is 24.3 Å². The molecule has 0 saturated carbocycles. The number of hydrogen-bond donors (Lipinski definition) is 0. The molecule has 32 heavy (non-hydrogen) atoms. The molecule has 0 amide bonds. The van der Waals surface area contributed by atoms with E-state index in [0.717, 1.165) is 55.4 Å². The van der Waals surface area contributed by atoms with E-state index in [2.05, 4.69) is 18.2 Å². The van der Waals surface area contributed by atoms with Crippen LogP contribution in [0.25, 0.3) is 11.1 Å². The summed E-state index contributed by atoms with van der Waals surface area (Å²) in [5.41, 5.74) is 3.28. The number of hydrogen-bond acceptors (Lipinski definition) is 4. The summed E-state index contributed by atoms with van der Waals surface area (Å²) in [6, 6.07) is 28.4. The summed E-state index contributed by atoms with van der Waals surface area (Å²) >= 11 is 0. The van der Waals surface area contributed by atoms with Crippen molar-refractivity contribution in [3.8, 4) is 22.9 Å². The lowest BCUT2D eigenvalue weighted by Gasteiger charge is -2.08. The summed E-state index contributed by atoms with van der Waals surface area (Å²) in [6.45, 7) is 1.15. The minimum atomic E-state index is -0.330. The molecule has 3 aromatic carbocycles. The van der Waals surface area contributed by atoms with Crippen molar-refractivity contribution < 1.29 is 14.3 Å². The van der Waals surface area contributed by atoms with Gasteiger partial charge in [-0.25, -0.2) is 4.79 Å². The molecular weight excluding hydrogens is 398 g/mol. The van der Waals surface area contributed by atoms with Gasteiger partial charge in [-0.1, -0.05) is 62.1 Å². The molecule has 0 fully saturated rings. The predicted octanol–water partition coefficient (Wildman–Crippen LogP) is 6.40. The summed E-state index contributed by atoms with van der Waals surface area (Å²) in [4.78, 5) is 11.8. The number of carbonyl (C=O) groups is 1. The van der Waals surface area contributed by atoms with E-state index in [4.69, 9.17) is 14.7 Å². The molecule has 0 heterocycles. The average molecular weight is 426 g/mol. The van der Waals surface area contributed by atoms with Gasteiger partial charge in [0, 0.05) is 0 Å². The van der Waals surface area contributed by atoms with Crippen molar-refractivity contribution in [3.05, 3.63) is 90.0 Å². The van der Waals surface area contributed by atoms with Crippen LogP contribution in [0.1, 0.15) is 54.4 Å². The molecular formula is C28H27NO3. The van der Waals surface area contributed by atoms with Crippen molar-refractivity contribution in [2.24, 2.45) is 0 Å². The van der Waals surface area contributed by atoms with Crippen LogP contribution in [0.2, 0.25) is 0 Å². The van der Waals surface area contributed by atoms with E-state index >= 15 is 0 Å². The maximum absolute atomic E-state index is 11.8. The fraction of sp³-hybridized carbons (Fsp3) is 0.286. The number of benzene rings is 3. The van der Waals surface area contributed by atoms with Gasteiger partial charge in [0.05, 0.1) is 30.4 Å². The first-order chi connectivity index (χ1) is 15.8. The van der Waals surface area contributed by atoms with E-state index in [1.807, 2.05) is 48.5 Å². The topological polar surface area (TPSA) is 59.3 Å². The van der Waals surface area contributed by atoms with Gasteiger partial charge in [-0.05, 0) is 66.4 Å². The van der Waals surface area contributed by atoms with Gasteiger partial charge >= 0.3 is 5.97 Å². The van der Waals surface area contributed by atoms with Crippen LogP contribution in [0.3, 0.4) is 0 Å². The second-order valence-corrected chi connectivity index (χ2v) is 7.52. The third kappa shape index (κ3) is 7.59.